The molecule has 1 rings (SSSR count). The zero-order chi connectivity index (χ0) is 11.4. The van der Waals surface area contributed by atoms with Gasteiger partial charge in [-0.05, 0) is 20.8 Å². The van der Waals surface area contributed by atoms with Crippen molar-refractivity contribution in [2.45, 2.75) is 32.9 Å². The minimum Gasteiger partial charge on any atom is -0.355 e. The van der Waals surface area contributed by atoms with Crippen LogP contribution in [0.25, 0.3) is 0 Å². The van der Waals surface area contributed by atoms with Crippen molar-refractivity contribution in [1.29, 1.82) is 0 Å². The average Bonchev–Trinajstić information content (AvgIpc) is 2.65. The quantitative estimate of drug-likeness (QED) is 0.764. The molecule has 0 spiro atoms. The summed E-state index contributed by atoms with van der Waals surface area (Å²) in [4.78, 5) is 15.6. The Morgan fingerprint density at radius 2 is 2.33 bits per heavy atom. The molecular formula is C10H18N4O. The molecule has 0 bridgehead atoms. The van der Waals surface area contributed by atoms with Crippen molar-refractivity contribution in [3.05, 3.63) is 18.2 Å². The fourth-order valence-corrected chi connectivity index (χ4v) is 1.44. The summed E-state index contributed by atoms with van der Waals surface area (Å²) in [5.41, 5.74) is 6.65. The van der Waals surface area contributed by atoms with Crippen LogP contribution in [0.1, 0.15) is 38.5 Å². The third-order valence-electron chi connectivity index (χ3n) is 2.31. The van der Waals surface area contributed by atoms with Crippen molar-refractivity contribution in [2.75, 3.05) is 6.54 Å². The van der Waals surface area contributed by atoms with Gasteiger partial charge >= 0.3 is 0 Å². The highest BCUT2D eigenvalue weighted by Gasteiger charge is 2.17. The van der Waals surface area contributed by atoms with Crippen LogP contribution in [0.2, 0.25) is 0 Å². The Morgan fingerprint density at radius 3 is 2.87 bits per heavy atom. The number of imidazole rings is 1. The van der Waals surface area contributed by atoms with Gasteiger partial charge in [-0.25, -0.2) is 4.98 Å². The number of amides is 1. The maximum atomic E-state index is 11.6. The van der Waals surface area contributed by atoms with Gasteiger partial charge in [0.2, 0.25) is 5.91 Å². The number of hydrogen-bond donors (Lipinski definition) is 2. The summed E-state index contributed by atoms with van der Waals surface area (Å²) in [5.74, 6) is -0.0163. The molecule has 2 atom stereocenters. The van der Waals surface area contributed by atoms with E-state index in [9.17, 15) is 4.79 Å². The number of hydrogen-bond acceptors (Lipinski definition) is 3. The third kappa shape index (κ3) is 2.56. The van der Waals surface area contributed by atoms with Gasteiger partial charge in [-0.1, -0.05) is 0 Å². The van der Waals surface area contributed by atoms with Crippen molar-refractivity contribution in [3.8, 4) is 0 Å². The van der Waals surface area contributed by atoms with Gasteiger partial charge in [0.15, 0.2) is 0 Å². The van der Waals surface area contributed by atoms with Gasteiger partial charge in [-0.2, -0.15) is 0 Å². The van der Waals surface area contributed by atoms with Crippen molar-refractivity contribution < 1.29 is 4.79 Å². The second-order valence-electron chi connectivity index (χ2n) is 3.59. The second kappa shape index (κ2) is 4.93. The molecule has 3 N–H and O–H groups in total. The van der Waals surface area contributed by atoms with Crippen LogP contribution in [-0.2, 0) is 4.79 Å². The molecule has 0 radical (unpaired) electrons. The normalized spacial score (nSPS) is 14.7. The lowest BCUT2D eigenvalue weighted by molar-refractivity contribution is -0.123. The van der Waals surface area contributed by atoms with E-state index in [4.69, 9.17) is 5.73 Å². The Kier molecular flexibility index (Phi) is 3.85. The van der Waals surface area contributed by atoms with E-state index in [-0.39, 0.29) is 18.0 Å². The Labute approximate surface area is 89.7 Å². The van der Waals surface area contributed by atoms with Crippen LogP contribution in [0, 0.1) is 0 Å². The maximum absolute atomic E-state index is 11.6. The monoisotopic (exact) mass is 210 g/mol. The first-order valence-electron chi connectivity index (χ1n) is 5.13. The molecule has 1 heterocycles. The SMILES string of the molecule is CCNC(=O)C(C)n1cncc1C(C)N. The van der Waals surface area contributed by atoms with Crippen molar-refractivity contribution in [1.82, 2.24) is 14.9 Å². The average molecular weight is 210 g/mol. The number of rotatable bonds is 4. The topological polar surface area (TPSA) is 72.9 Å². The second-order valence-corrected chi connectivity index (χ2v) is 3.59. The van der Waals surface area contributed by atoms with E-state index in [1.165, 1.54) is 0 Å². The number of likely N-dealkylation sites (N-methyl/N-ethyl adjacent to an activating group) is 1. The fraction of sp³-hybridized carbons (Fsp3) is 0.600. The molecule has 0 aliphatic rings. The summed E-state index contributed by atoms with van der Waals surface area (Å²) < 4.78 is 1.80. The number of aromatic nitrogens is 2. The fourth-order valence-electron chi connectivity index (χ4n) is 1.44. The molecule has 1 aromatic rings. The zero-order valence-electron chi connectivity index (χ0n) is 9.40. The van der Waals surface area contributed by atoms with Crippen LogP contribution in [0.3, 0.4) is 0 Å². The van der Waals surface area contributed by atoms with E-state index in [2.05, 4.69) is 10.3 Å². The first-order chi connectivity index (χ1) is 7.07. The van der Waals surface area contributed by atoms with Crippen LogP contribution in [0.5, 0.6) is 0 Å². The van der Waals surface area contributed by atoms with E-state index in [1.54, 1.807) is 17.1 Å². The Morgan fingerprint density at radius 1 is 1.67 bits per heavy atom. The summed E-state index contributed by atoms with van der Waals surface area (Å²) in [6.45, 7) is 6.23. The van der Waals surface area contributed by atoms with Gasteiger partial charge in [0, 0.05) is 18.8 Å². The summed E-state index contributed by atoms with van der Waals surface area (Å²) >= 11 is 0. The number of carbonyl (C=O) groups excluding carboxylic acids is 1. The molecule has 5 heteroatoms. The molecule has 5 nitrogen and oxygen atoms in total. The zero-order valence-corrected chi connectivity index (χ0v) is 9.40. The van der Waals surface area contributed by atoms with Gasteiger partial charge in [0.25, 0.3) is 0 Å². The van der Waals surface area contributed by atoms with E-state index in [1.807, 2.05) is 20.8 Å². The molecule has 15 heavy (non-hydrogen) atoms. The van der Waals surface area contributed by atoms with Crippen LogP contribution >= 0.6 is 0 Å². The molecule has 0 aromatic carbocycles. The Bertz CT molecular complexity index is 332. The van der Waals surface area contributed by atoms with Crippen LogP contribution in [0.4, 0.5) is 0 Å². The predicted molar refractivity (Wildman–Crippen MR) is 58.2 cm³/mol. The van der Waals surface area contributed by atoms with Crippen LogP contribution in [0.15, 0.2) is 12.5 Å². The van der Waals surface area contributed by atoms with Gasteiger partial charge in [-0.15, -0.1) is 0 Å². The molecule has 0 saturated carbocycles. The summed E-state index contributed by atoms with van der Waals surface area (Å²) in [6, 6.07) is -0.391. The molecule has 0 aliphatic heterocycles. The Hall–Kier alpha value is -1.36. The highest BCUT2D eigenvalue weighted by molar-refractivity contribution is 5.79. The first-order valence-corrected chi connectivity index (χ1v) is 5.13. The van der Waals surface area contributed by atoms with Crippen molar-refractivity contribution >= 4 is 5.91 Å². The maximum Gasteiger partial charge on any atom is 0.242 e. The number of nitrogens with zero attached hydrogens (tertiary/aromatic N) is 2. The summed E-state index contributed by atoms with van der Waals surface area (Å²) in [6.07, 6.45) is 3.33. The van der Waals surface area contributed by atoms with E-state index < -0.39 is 0 Å². The summed E-state index contributed by atoms with van der Waals surface area (Å²) in [5, 5.41) is 2.77. The largest absolute Gasteiger partial charge is 0.355 e. The standard InChI is InChI=1S/C10H18N4O/c1-4-13-10(15)8(3)14-6-12-5-9(14)7(2)11/h5-8H,4,11H2,1-3H3,(H,13,15). The molecule has 1 aromatic heterocycles. The molecule has 1 amide bonds. The van der Waals surface area contributed by atoms with Crippen molar-refractivity contribution in [3.63, 3.8) is 0 Å². The smallest absolute Gasteiger partial charge is 0.242 e. The molecule has 84 valence electrons. The van der Waals surface area contributed by atoms with Gasteiger partial charge in [0.05, 0.1) is 12.0 Å². The number of nitrogens with one attached hydrogen (secondary N) is 1. The molecular weight excluding hydrogens is 192 g/mol. The Balaban J connectivity index is 2.85. The van der Waals surface area contributed by atoms with E-state index in [0.717, 1.165) is 5.69 Å². The van der Waals surface area contributed by atoms with Gasteiger partial charge in [-0.3, -0.25) is 4.79 Å². The first kappa shape index (κ1) is 11.7. The van der Waals surface area contributed by atoms with Gasteiger partial charge in [0.1, 0.15) is 6.04 Å². The van der Waals surface area contributed by atoms with Crippen LogP contribution < -0.4 is 11.1 Å². The molecule has 0 saturated heterocycles. The van der Waals surface area contributed by atoms with Crippen LogP contribution in [-0.4, -0.2) is 22.0 Å². The number of nitrogens with two attached hydrogens (primary N) is 1. The molecule has 0 aliphatic carbocycles. The van der Waals surface area contributed by atoms with E-state index in [0.29, 0.717) is 6.54 Å². The lowest BCUT2D eigenvalue weighted by atomic mass is 10.2. The minimum absolute atomic E-state index is 0.0163. The minimum atomic E-state index is -0.270. The molecule has 2 unspecified atom stereocenters. The number of carbonyl (C=O) groups is 1. The highest BCUT2D eigenvalue weighted by Crippen LogP contribution is 2.15. The predicted octanol–water partition coefficient (Wildman–Crippen LogP) is 0.600. The van der Waals surface area contributed by atoms with Gasteiger partial charge < -0.3 is 15.6 Å². The lowest BCUT2D eigenvalue weighted by Gasteiger charge is -2.17. The highest BCUT2D eigenvalue weighted by atomic mass is 16.2. The van der Waals surface area contributed by atoms with Crippen molar-refractivity contribution in [2.24, 2.45) is 5.73 Å². The van der Waals surface area contributed by atoms with E-state index >= 15 is 0 Å². The molecule has 0 fully saturated rings. The summed E-state index contributed by atoms with van der Waals surface area (Å²) in [7, 11) is 0. The lowest BCUT2D eigenvalue weighted by Crippen LogP contribution is -2.31. The third-order valence-corrected chi connectivity index (χ3v) is 2.31.